The average molecular weight is 344 g/mol. The van der Waals surface area contributed by atoms with Gasteiger partial charge in [0, 0.05) is 16.4 Å². The monoisotopic (exact) mass is 343 g/mol. The van der Waals surface area contributed by atoms with Crippen LogP contribution in [-0.2, 0) is 19.4 Å². The summed E-state index contributed by atoms with van der Waals surface area (Å²) >= 11 is 8.10. The molecule has 0 bridgehead atoms. The van der Waals surface area contributed by atoms with Gasteiger partial charge in [0.15, 0.2) is 0 Å². The summed E-state index contributed by atoms with van der Waals surface area (Å²) in [6, 6.07) is 7.93. The van der Waals surface area contributed by atoms with Crippen LogP contribution < -0.4 is 5.32 Å². The summed E-state index contributed by atoms with van der Waals surface area (Å²) in [4.78, 5) is 11.9. The second-order valence-electron chi connectivity index (χ2n) is 5.96. The summed E-state index contributed by atoms with van der Waals surface area (Å²) in [7, 11) is 0. The SMILES string of the molecule is Cc1nc(NCc2ccccc2Cl)c2c3c(sc2n1)CCCC3. The quantitative estimate of drug-likeness (QED) is 0.715. The van der Waals surface area contributed by atoms with Gasteiger partial charge in [-0.2, -0.15) is 0 Å². The minimum absolute atomic E-state index is 0.676. The number of anilines is 1. The van der Waals surface area contributed by atoms with Gasteiger partial charge in [-0.25, -0.2) is 9.97 Å². The van der Waals surface area contributed by atoms with Gasteiger partial charge in [0.1, 0.15) is 16.5 Å². The first kappa shape index (κ1) is 14.9. The zero-order chi connectivity index (χ0) is 15.8. The number of hydrogen-bond donors (Lipinski definition) is 1. The molecule has 0 saturated carbocycles. The van der Waals surface area contributed by atoms with Gasteiger partial charge in [-0.1, -0.05) is 29.8 Å². The van der Waals surface area contributed by atoms with Crippen LogP contribution in [-0.4, -0.2) is 9.97 Å². The minimum atomic E-state index is 0.676. The first-order chi connectivity index (χ1) is 11.2. The van der Waals surface area contributed by atoms with Gasteiger partial charge in [0.25, 0.3) is 0 Å². The van der Waals surface area contributed by atoms with Crippen LogP contribution in [0.1, 0.15) is 34.7 Å². The number of halogens is 1. The molecule has 0 saturated heterocycles. The fraction of sp³-hybridized carbons (Fsp3) is 0.333. The number of aryl methyl sites for hydroxylation is 3. The second-order valence-corrected chi connectivity index (χ2v) is 7.45. The zero-order valence-electron chi connectivity index (χ0n) is 13.0. The molecule has 0 fully saturated rings. The smallest absolute Gasteiger partial charge is 0.139 e. The number of hydrogen-bond acceptors (Lipinski definition) is 4. The molecule has 1 N–H and O–H groups in total. The van der Waals surface area contributed by atoms with E-state index in [-0.39, 0.29) is 0 Å². The maximum atomic E-state index is 6.26. The lowest BCUT2D eigenvalue weighted by Crippen LogP contribution is -2.06. The standard InChI is InChI=1S/C18H18ClN3S/c1-11-21-17(20-10-12-6-2-4-8-14(12)19)16-13-7-3-5-9-15(13)23-18(16)22-11/h2,4,6,8H,3,5,7,9-10H2,1H3,(H,20,21,22). The zero-order valence-corrected chi connectivity index (χ0v) is 14.6. The Morgan fingerprint density at radius 3 is 2.87 bits per heavy atom. The Balaban J connectivity index is 1.74. The van der Waals surface area contributed by atoms with E-state index in [1.807, 2.05) is 42.5 Å². The van der Waals surface area contributed by atoms with E-state index in [4.69, 9.17) is 11.6 Å². The third-order valence-corrected chi connectivity index (χ3v) is 5.89. The van der Waals surface area contributed by atoms with E-state index in [1.54, 1.807) is 0 Å². The number of thiophene rings is 1. The molecule has 0 radical (unpaired) electrons. The predicted octanol–water partition coefficient (Wildman–Crippen LogP) is 5.14. The van der Waals surface area contributed by atoms with Crippen LogP contribution >= 0.6 is 22.9 Å². The lowest BCUT2D eigenvalue weighted by atomic mass is 9.97. The molecule has 3 aromatic rings. The molecule has 0 amide bonds. The second kappa shape index (κ2) is 6.10. The van der Waals surface area contributed by atoms with E-state index in [9.17, 15) is 0 Å². The number of nitrogens with one attached hydrogen (secondary N) is 1. The Morgan fingerprint density at radius 1 is 1.17 bits per heavy atom. The molecule has 118 valence electrons. The van der Waals surface area contributed by atoms with Crippen LogP contribution in [0, 0.1) is 6.92 Å². The number of benzene rings is 1. The van der Waals surface area contributed by atoms with Crippen LogP contribution in [0.4, 0.5) is 5.82 Å². The molecule has 23 heavy (non-hydrogen) atoms. The van der Waals surface area contributed by atoms with E-state index in [2.05, 4.69) is 15.3 Å². The summed E-state index contributed by atoms with van der Waals surface area (Å²) < 4.78 is 0. The molecule has 2 heterocycles. The lowest BCUT2D eigenvalue weighted by molar-refractivity contribution is 0.700. The van der Waals surface area contributed by atoms with Gasteiger partial charge in [-0.3, -0.25) is 0 Å². The van der Waals surface area contributed by atoms with Gasteiger partial charge < -0.3 is 5.32 Å². The van der Waals surface area contributed by atoms with Crippen LogP contribution in [0.15, 0.2) is 24.3 Å². The van der Waals surface area contributed by atoms with Crippen molar-refractivity contribution in [2.45, 2.75) is 39.2 Å². The summed E-state index contributed by atoms with van der Waals surface area (Å²) in [5.41, 5.74) is 2.54. The highest BCUT2D eigenvalue weighted by Gasteiger charge is 2.20. The van der Waals surface area contributed by atoms with Crippen molar-refractivity contribution in [2.24, 2.45) is 0 Å². The van der Waals surface area contributed by atoms with Crippen LogP contribution in [0.25, 0.3) is 10.2 Å². The van der Waals surface area contributed by atoms with Gasteiger partial charge in [0.2, 0.25) is 0 Å². The van der Waals surface area contributed by atoms with Crippen molar-refractivity contribution in [3.63, 3.8) is 0 Å². The third-order valence-electron chi connectivity index (χ3n) is 4.33. The number of aromatic nitrogens is 2. The molecule has 1 aliphatic rings. The number of nitrogens with zero attached hydrogens (tertiary/aromatic N) is 2. The van der Waals surface area contributed by atoms with Gasteiger partial charge in [-0.15, -0.1) is 11.3 Å². The number of fused-ring (bicyclic) bond motifs is 3. The Hall–Kier alpha value is -1.65. The lowest BCUT2D eigenvalue weighted by Gasteiger charge is -2.13. The molecule has 0 aliphatic heterocycles. The van der Waals surface area contributed by atoms with Gasteiger partial charge >= 0.3 is 0 Å². The van der Waals surface area contributed by atoms with Gasteiger partial charge in [-0.05, 0) is 49.8 Å². The van der Waals surface area contributed by atoms with Crippen molar-refractivity contribution < 1.29 is 0 Å². The Morgan fingerprint density at radius 2 is 2.00 bits per heavy atom. The molecular formula is C18H18ClN3S. The molecule has 1 aromatic carbocycles. The highest BCUT2D eigenvalue weighted by atomic mass is 35.5. The number of rotatable bonds is 3. The predicted molar refractivity (Wildman–Crippen MR) is 97.6 cm³/mol. The molecule has 0 spiro atoms. The van der Waals surface area contributed by atoms with Crippen molar-refractivity contribution in [3.8, 4) is 0 Å². The topological polar surface area (TPSA) is 37.8 Å². The largest absolute Gasteiger partial charge is 0.365 e. The molecule has 1 aliphatic carbocycles. The van der Waals surface area contributed by atoms with Gasteiger partial charge in [0.05, 0.1) is 5.39 Å². The Labute approximate surface area is 144 Å². The van der Waals surface area contributed by atoms with E-state index < -0.39 is 0 Å². The van der Waals surface area contributed by atoms with E-state index in [0.29, 0.717) is 6.54 Å². The molecule has 3 nitrogen and oxygen atoms in total. The maximum Gasteiger partial charge on any atom is 0.139 e. The molecule has 4 rings (SSSR count). The fourth-order valence-electron chi connectivity index (χ4n) is 3.21. The Bertz CT molecular complexity index is 872. The minimum Gasteiger partial charge on any atom is -0.365 e. The van der Waals surface area contributed by atoms with E-state index in [1.165, 1.54) is 35.1 Å². The van der Waals surface area contributed by atoms with Crippen LogP contribution in [0.5, 0.6) is 0 Å². The van der Waals surface area contributed by atoms with Crippen molar-refractivity contribution in [1.82, 2.24) is 9.97 Å². The Kier molecular flexibility index (Phi) is 3.95. The summed E-state index contributed by atoms with van der Waals surface area (Å²) in [5, 5.41) is 5.50. The highest BCUT2D eigenvalue weighted by molar-refractivity contribution is 7.19. The third kappa shape index (κ3) is 2.81. The molecule has 5 heteroatoms. The fourth-order valence-corrected chi connectivity index (χ4v) is 4.72. The molecule has 0 unspecified atom stereocenters. The first-order valence-electron chi connectivity index (χ1n) is 7.98. The van der Waals surface area contributed by atoms with Crippen molar-refractivity contribution in [2.75, 3.05) is 5.32 Å². The molecule has 0 atom stereocenters. The van der Waals surface area contributed by atoms with Crippen molar-refractivity contribution in [1.29, 1.82) is 0 Å². The summed E-state index contributed by atoms with van der Waals surface area (Å²) in [5.74, 6) is 1.77. The van der Waals surface area contributed by atoms with Crippen molar-refractivity contribution >= 4 is 39.0 Å². The van der Waals surface area contributed by atoms with Crippen LogP contribution in [0.2, 0.25) is 5.02 Å². The normalized spacial score (nSPS) is 14.0. The first-order valence-corrected chi connectivity index (χ1v) is 9.18. The molecule has 2 aromatic heterocycles. The average Bonchev–Trinajstić information content (AvgIpc) is 2.92. The van der Waals surface area contributed by atoms with Crippen LogP contribution in [0.3, 0.4) is 0 Å². The molecular weight excluding hydrogens is 326 g/mol. The van der Waals surface area contributed by atoms with Crippen molar-refractivity contribution in [3.05, 3.63) is 51.1 Å². The van der Waals surface area contributed by atoms with E-state index >= 15 is 0 Å². The summed E-state index contributed by atoms with van der Waals surface area (Å²) in [6.45, 7) is 2.63. The van der Waals surface area contributed by atoms with E-state index in [0.717, 1.165) is 33.5 Å². The maximum absolute atomic E-state index is 6.26. The summed E-state index contributed by atoms with van der Waals surface area (Å²) in [6.07, 6.45) is 4.87. The highest BCUT2D eigenvalue weighted by Crippen LogP contribution is 2.38.